The third-order valence-electron chi connectivity index (χ3n) is 4.41. The molecule has 0 atom stereocenters. The standard InChI is InChI=1S/C20H10N2O4/c23-15-10-17-20(13-4-2-1-3-12(13)15)21-14-6-5-11(9-16(14)26-17)22-18(24)7-8-19(22)25/h1-10H. The number of hydrogen-bond donors (Lipinski definition) is 0. The second-order valence-corrected chi connectivity index (χ2v) is 5.98. The van der Waals surface area contributed by atoms with Crippen molar-refractivity contribution < 1.29 is 14.0 Å². The molecule has 124 valence electrons. The minimum Gasteiger partial charge on any atom is -0.453 e. The van der Waals surface area contributed by atoms with Gasteiger partial charge < -0.3 is 4.42 Å². The van der Waals surface area contributed by atoms with Crippen LogP contribution in [0.5, 0.6) is 0 Å². The third-order valence-corrected chi connectivity index (χ3v) is 4.41. The Bertz CT molecular complexity index is 1280. The topological polar surface area (TPSA) is 80.5 Å². The van der Waals surface area contributed by atoms with Gasteiger partial charge in [-0.25, -0.2) is 9.88 Å². The highest BCUT2D eigenvalue weighted by Gasteiger charge is 2.26. The maximum absolute atomic E-state index is 12.3. The number of amides is 2. The first-order valence-corrected chi connectivity index (χ1v) is 7.94. The number of hydrogen-bond acceptors (Lipinski definition) is 5. The molecule has 0 spiro atoms. The summed E-state index contributed by atoms with van der Waals surface area (Å²) in [7, 11) is 0. The van der Waals surface area contributed by atoms with Crippen LogP contribution < -0.4 is 10.3 Å². The van der Waals surface area contributed by atoms with Gasteiger partial charge in [-0.1, -0.05) is 24.3 Å². The summed E-state index contributed by atoms with van der Waals surface area (Å²) in [6.45, 7) is 0. The second kappa shape index (κ2) is 5.10. The summed E-state index contributed by atoms with van der Waals surface area (Å²) in [6.07, 6.45) is 2.44. The number of carbonyl (C=O) groups excluding carboxylic acids is 2. The highest BCUT2D eigenvalue weighted by Crippen LogP contribution is 2.32. The number of rotatable bonds is 1. The van der Waals surface area contributed by atoms with Crippen molar-refractivity contribution in [1.82, 2.24) is 4.98 Å². The minimum atomic E-state index is -0.407. The number of benzene rings is 3. The van der Waals surface area contributed by atoms with Crippen molar-refractivity contribution in [1.29, 1.82) is 0 Å². The molecule has 6 nitrogen and oxygen atoms in total. The maximum atomic E-state index is 12.3. The van der Waals surface area contributed by atoms with Crippen LogP contribution in [-0.2, 0) is 9.59 Å². The van der Waals surface area contributed by atoms with Gasteiger partial charge in [0, 0.05) is 35.1 Å². The fourth-order valence-corrected chi connectivity index (χ4v) is 3.21. The van der Waals surface area contributed by atoms with E-state index in [0.717, 1.165) is 10.3 Å². The lowest BCUT2D eigenvalue weighted by Crippen LogP contribution is -2.29. The molecule has 2 aromatic carbocycles. The monoisotopic (exact) mass is 342 g/mol. The zero-order valence-corrected chi connectivity index (χ0v) is 13.3. The molecule has 3 aliphatic rings. The minimum absolute atomic E-state index is 0.150. The molecule has 2 amide bonds. The van der Waals surface area contributed by atoms with Crippen molar-refractivity contribution in [3.63, 3.8) is 0 Å². The third kappa shape index (κ3) is 1.99. The van der Waals surface area contributed by atoms with E-state index < -0.39 is 11.8 Å². The average Bonchev–Trinajstić information content (AvgIpc) is 2.99. The van der Waals surface area contributed by atoms with Crippen molar-refractivity contribution in [3.05, 3.63) is 70.9 Å². The van der Waals surface area contributed by atoms with Gasteiger partial charge in [0.2, 0.25) is 0 Å². The molecule has 5 rings (SSSR count). The van der Waals surface area contributed by atoms with E-state index in [4.69, 9.17) is 4.42 Å². The van der Waals surface area contributed by atoms with Crippen molar-refractivity contribution in [3.8, 4) is 11.5 Å². The molecule has 0 unspecified atom stereocenters. The molecule has 0 aromatic heterocycles. The predicted molar refractivity (Wildman–Crippen MR) is 96.0 cm³/mol. The molecule has 0 saturated heterocycles. The maximum Gasteiger partial charge on any atom is 0.258 e. The van der Waals surface area contributed by atoms with Crippen LogP contribution in [0.1, 0.15) is 0 Å². The van der Waals surface area contributed by atoms with Gasteiger partial charge in [-0.2, -0.15) is 0 Å². The van der Waals surface area contributed by atoms with Gasteiger partial charge in [0.1, 0.15) is 11.2 Å². The van der Waals surface area contributed by atoms with E-state index in [1.165, 1.54) is 18.2 Å². The Labute approximate surface area is 146 Å². The molecular weight excluding hydrogens is 332 g/mol. The Morgan fingerprint density at radius 3 is 2.35 bits per heavy atom. The summed E-state index contributed by atoms with van der Waals surface area (Å²) in [5, 5.41) is 1.30. The van der Waals surface area contributed by atoms with Gasteiger partial charge >= 0.3 is 0 Å². The van der Waals surface area contributed by atoms with E-state index >= 15 is 0 Å². The number of nitrogens with zero attached hydrogens (tertiary/aromatic N) is 2. The van der Waals surface area contributed by atoms with Crippen LogP contribution in [0.25, 0.3) is 33.3 Å². The zero-order valence-electron chi connectivity index (χ0n) is 13.3. The van der Waals surface area contributed by atoms with E-state index in [1.54, 1.807) is 30.3 Å². The fraction of sp³-hybridized carbons (Fsp3) is 0. The van der Waals surface area contributed by atoms with E-state index in [2.05, 4.69) is 4.98 Å². The van der Waals surface area contributed by atoms with E-state index in [9.17, 15) is 14.4 Å². The Morgan fingerprint density at radius 1 is 0.846 bits per heavy atom. The fourth-order valence-electron chi connectivity index (χ4n) is 3.21. The summed E-state index contributed by atoms with van der Waals surface area (Å²) >= 11 is 0. The molecule has 2 aromatic rings. The van der Waals surface area contributed by atoms with Crippen molar-refractivity contribution in [2.45, 2.75) is 0 Å². The van der Waals surface area contributed by atoms with E-state index in [1.807, 2.05) is 12.1 Å². The number of carbonyl (C=O) groups is 2. The number of anilines is 1. The molecular formula is C20H10N2O4. The van der Waals surface area contributed by atoms with Crippen LogP contribution in [0.3, 0.4) is 0 Å². The van der Waals surface area contributed by atoms with Crippen LogP contribution in [0, 0.1) is 0 Å². The van der Waals surface area contributed by atoms with Gasteiger partial charge in [-0.05, 0) is 12.1 Å². The van der Waals surface area contributed by atoms with Crippen molar-refractivity contribution in [2.24, 2.45) is 0 Å². The number of fused-ring (bicyclic) bond motifs is 4. The van der Waals surface area contributed by atoms with Crippen LogP contribution in [-0.4, -0.2) is 16.8 Å². The normalized spacial score (nSPS) is 14.2. The summed E-state index contributed by atoms with van der Waals surface area (Å²) in [6, 6.07) is 13.5. The van der Waals surface area contributed by atoms with Crippen LogP contribution >= 0.6 is 0 Å². The van der Waals surface area contributed by atoms with Gasteiger partial charge in [-0.3, -0.25) is 14.4 Å². The first-order chi connectivity index (χ1) is 12.6. The van der Waals surface area contributed by atoms with E-state index in [-0.39, 0.29) is 5.43 Å². The largest absolute Gasteiger partial charge is 0.453 e. The summed E-state index contributed by atoms with van der Waals surface area (Å²) in [5.41, 5.74) is 1.79. The number of aromatic nitrogens is 1. The van der Waals surface area contributed by atoms with Crippen LogP contribution in [0.4, 0.5) is 5.69 Å². The summed E-state index contributed by atoms with van der Waals surface area (Å²) in [4.78, 5) is 41.7. The zero-order chi connectivity index (χ0) is 17.8. The molecule has 0 saturated carbocycles. The quantitative estimate of drug-likeness (QED) is 0.302. The van der Waals surface area contributed by atoms with Crippen LogP contribution in [0.2, 0.25) is 0 Å². The van der Waals surface area contributed by atoms with Crippen molar-refractivity contribution >= 4 is 39.4 Å². The molecule has 0 bridgehead atoms. The van der Waals surface area contributed by atoms with Gasteiger partial charge in [-0.15, -0.1) is 0 Å². The highest BCUT2D eigenvalue weighted by atomic mass is 16.3. The molecule has 2 aliphatic heterocycles. The Hall–Kier alpha value is -3.80. The molecule has 0 N–H and O–H groups in total. The van der Waals surface area contributed by atoms with Gasteiger partial charge in [0.15, 0.2) is 16.8 Å². The molecule has 6 heteroatoms. The molecule has 0 radical (unpaired) electrons. The lowest BCUT2D eigenvalue weighted by atomic mass is 10.0. The SMILES string of the molecule is O=C1C=CC(=O)N1c1ccc2nc3c4ccccc4c(=O)cc-3oc2c1. The Kier molecular flexibility index (Phi) is 2.85. The molecule has 2 heterocycles. The summed E-state index contributed by atoms with van der Waals surface area (Å²) < 4.78 is 5.87. The number of imide groups is 1. The highest BCUT2D eigenvalue weighted by molar-refractivity contribution is 6.28. The van der Waals surface area contributed by atoms with Crippen molar-refractivity contribution in [2.75, 3.05) is 4.90 Å². The smallest absolute Gasteiger partial charge is 0.258 e. The molecule has 0 fully saturated rings. The molecule has 26 heavy (non-hydrogen) atoms. The van der Waals surface area contributed by atoms with Gasteiger partial charge in [0.05, 0.1) is 5.69 Å². The summed E-state index contributed by atoms with van der Waals surface area (Å²) in [5.74, 6) is -0.456. The van der Waals surface area contributed by atoms with Crippen LogP contribution in [0.15, 0.2) is 69.9 Å². The lowest BCUT2D eigenvalue weighted by molar-refractivity contribution is -0.119. The first-order valence-electron chi connectivity index (χ1n) is 7.94. The van der Waals surface area contributed by atoms with E-state index in [0.29, 0.717) is 33.6 Å². The first kappa shape index (κ1) is 14.5. The Morgan fingerprint density at radius 2 is 1.58 bits per heavy atom. The predicted octanol–water partition coefficient (Wildman–Crippen LogP) is 2.88. The molecule has 1 aliphatic carbocycles. The lowest BCUT2D eigenvalue weighted by Gasteiger charge is -2.15. The second-order valence-electron chi connectivity index (χ2n) is 5.98. The average molecular weight is 342 g/mol. The Balaban J connectivity index is 1.78. The van der Waals surface area contributed by atoms with Gasteiger partial charge in [0.25, 0.3) is 11.8 Å².